The predicted octanol–water partition coefficient (Wildman–Crippen LogP) is 2.45. The Balaban J connectivity index is 2.24. The molecule has 1 aliphatic rings. The van der Waals surface area contributed by atoms with Crippen LogP contribution in [0.15, 0.2) is 18.2 Å². The zero-order chi connectivity index (χ0) is 10.1. The summed E-state index contributed by atoms with van der Waals surface area (Å²) < 4.78 is 0. The molecule has 2 rings (SSSR count). The van der Waals surface area contributed by atoms with Gasteiger partial charge in [0.25, 0.3) is 0 Å². The van der Waals surface area contributed by atoms with Crippen molar-refractivity contribution in [1.29, 1.82) is 0 Å². The number of rotatable bonds is 2. The van der Waals surface area contributed by atoms with E-state index in [9.17, 15) is 0 Å². The van der Waals surface area contributed by atoms with Gasteiger partial charge >= 0.3 is 0 Å². The summed E-state index contributed by atoms with van der Waals surface area (Å²) in [6, 6.07) is 7.28. The summed E-state index contributed by atoms with van der Waals surface area (Å²) in [5.41, 5.74) is 9.95. The Morgan fingerprint density at radius 1 is 1.43 bits per heavy atom. The highest BCUT2D eigenvalue weighted by molar-refractivity contribution is 5.51. The molecule has 1 atom stereocenters. The SMILES string of the molecule is CC(C)Nc1ccc2c(c1)CCC2N. The summed E-state index contributed by atoms with van der Waals surface area (Å²) in [6.45, 7) is 4.30. The molecule has 0 saturated carbocycles. The molecule has 0 saturated heterocycles. The first-order chi connectivity index (χ1) is 6.66. The van der Waals surface area contributed by atoms with Gasteiger partial charge in [-0.15, -0.1) is 0 Å². The van der Waals surface area contributed by atoms with Crippen molar-refractivity contribution in [3.63, 3.8) is 0 Å². The van der Waals surface area contributed by atoms with Crippen molar-refractivity contribution in [2.24, 2.45) is 5.73 Å². The number of benzene rings is 1. The van der Waals surface area contributed by atoms with E-state index < -0.39 is 0 Å². The van der Waals surface area contributed by atoms with Crippen molar-refractivity contribution in [2.45, 2.75) is 38.8 Å². The summed E-state index contributed by atoms with van der Waals surface area (Å²) in [6.07, 6.45) is 2.23. The van der Waals surface area contributed by atoms with Gasteiger partial charge in [0.05, 0.1) is 0 Å². The Morgan fingerprint density at radius 3 is 2.93 bits per heavy atom. The van der Waals surface area contributed by atoms with Crippen LogP contribution in [0.25, 0.3) is 0 Å². The molecule has 1 aromatic rings. The van der Waals surface area contributed by atoms with Crippen molar-refractivity contribution in [3.05, 3.63) is 29.3 Å². The maximum absolute atomic E-state index is 5.98. The van der Waals surface area contributed by atoms with Crippen LogP contribution in [-0.4, -0.2) is 6.04 Å². The first-order valence-electron chi connectivity index (χ1n) is 5.32. The van der Waals surface area contributed by atoms with E-state index >= 15 is 0 Å². The lowest BCUT2D eigenvalue weighted by atomic mass is 10.1. The Kier molecular flexibility index (Phi) is 2.46. The van der Waals surface area contributed by atoms with E-state index in [4.69, 9.17) is 5.73 Å². The van der Waals surface area contributed by atoms with Crippen LogP contribution in [0.4, 0.5) is 5.69 Å². The Morgan fingerprint density at radius 2 is 2.21 bits per heavy atom. The van der Waals surface area contributed by atoms with Gasteiger partial charge in [-0.25, -0.2) is 0 Å². The quantitative estimate of drug-likeness (QED) is 0.751. The Bertz CT molecular complexity index is 331. The van der Waals surface area contributed by atoms with E-state index in [2.05, 4.69) is 37.4 Å². The zero-order valence-electron chi connectivity index (χ0n) is 8.88. The first-order valence-corrected chi connectivity index (χ1v) is 5.32. The molecule has 0 radical (unpaired) electrons. The third kappa shape index (κ3) is 1.75. The first kappa shape index (κ1) is 9.53. The molecule has 0 spiro atoms. The molecule has 2 heteroatoms. The van der Waals surface area contributed by atoms with Crippen LogP contribution in [0.5, 0.6) is 0 Å². The summed E-state index contributed by atoms with van der Waals surface area (Å²) in [4.78, 5) is 0. The lowest BCUT2D eigenvalue weighted by molar-refractivity contribution is 0.713. The maximum atomic E-state index is 5.98. The van der Waals surface area contributed by atoms with E-state index in [0.29, 0.717) is 6.04 Å². The summed E-state index contributed by atoms with van der Waals surface area (Å²) in [5.74, 6) is 0. The highest BCUT2D eigenvalue weighted by Gasteiger charge is 2.18. The van der Waals surface area contributed by atoms with Crippen LogP contribution in [0.3, 0.4) is 0 Å². The van der Waals surface area contributed by atoms with Gasteiger partial charge in [-0.3, -0.25) is 0 Å². The van der Waals surface area contributed by atoms with Crippen molar-refractivity contribution in [2.75, 3.05) is 5.32 Å². The topological polar surface area (TPSA) is 38.0 Å². The van der Waals surface area contributed by atoms with Crippen molar-refractivity contribution in [3.8, 4) is 0 Å². The van der Waals surface area contributed by atoms with Gasteiger partial charge in [-0.05, 0) is 49.9 Å². The fourth-order valence-electron chi connectivity index (χ4n) is 2.07. The van der Waals surface area contributed by atoms with Gasteiger partial charge in [-0.2, -0.15) is 0 Å². The van der Waals surface area contributed by atoms with E-state index in [-0.39, 0.29) is 6.04 Å². The van der Waals surface area contributed by atoms with E-state index in [0.717, 1.165) is 12.8 Å². The average Bonchev–Trinajstić information content (AvgIpc) is 2.46. The maximum Gasteiger partial charge on any atom is 0.0345 e. The third-order valence-corrected chi connectivity index (χ3v) is 2.72. The number of anilines is 1. The Hall–Kier alpha value is -1.02. The fourth-order valence-corrected chi connectivity index (χ4v) is 2.07. The van der Waals surface area contributed by atoms with Crippen LogP contribution in [0.1, 0.15) is 37.4 Å². The zero-order valence-corrected chi connectivity index (χ0v) is 8.88. The lowest BCUT2D eigenvalue weighted by Crippen LogP contribution is -2.10. The van der Waals surface area contributed by atoms with Gasteiger partial charge in [0.15, 0.2) is 0 Å². The molecule has 0 aliphatic heterocycles. The predicted molar refractivity (Wildman–Crippen MR) is 60.5 cm³/mol. The highest BCUT2D eigenvalue weighted by Crippen LogP contribution is 2.31. The lowest BCUT2D eigenvalue weighted by Gasteiger charge is -2.12. The molecule has 0 aromatic heterocycles. The second-order valence-electron chi connectivity index (χ2n) is 4.36. The molecule has 0 fully saturated rings. The molecular formula is C12H18N2. The van der Waals surface area contributed by atoms with Crippen LogP contribution >= 0.6 is 0 Å². The van der Waals surface area contributed by atoms with E-state index in [1.54, 1.807) is 0 Å². The Labute approximate surface area is 85.5 Å². The van der Waals surface area contributed by atoms with Crippen LogP contribution in [0.2, 0.25) is 0 Å². The average molecular weight is 190 g/mol. The van der Waals surface area contributed by atoms with Gasteiger partial charge in [0, 0.05) is 17.8 Å². The number of hydrogen-bond donors (Lipinski definition) is 2. The molecule has 1 aromatic carbocycles. The van der Waals surface area contributed by atoms with Gasteiger partial charge in [0.1, 0.15) is 0 Å². The molecule has 0 bridgehead atoms. The summed E-state index contributed by atoms with van der Waals surface area (Å²) >= 11 is 0. The van der Waals surface area contributed by atoms with Gasteiger partial charge < -0.3 is 11.1 Å². The molecule has 2 nitrogen and oxygen atoms in total. The smallest absolute Gasteiger partial charge is 0.0345 e. The normalized spacial score (nSPS) is 19.9. The number of fused-ring (bicyclic) bond motifs is 1. The number of aryl methyl sites for hydroxylation is 1. The van der Waals surface area contributed by atoms with Crippen LogP contribution < -0.4 is 11.1 Å². The molecule has 3 N–H and O–H groups in total. The van der Waals surface area contributed by atoms with E-state index in [1.165, 1.54) is 16.8 Å². The molecule has 1 aliphatic carbocycles. The van der Waals surface area contributed by atoms with E-state index in [1.807, 2.05) is 0 Å². The number of hydrogen-bond acceptors (Lipinski definition) is 2. The fraction of sp³-hybridized carbons (Fsp3) is 0.500. The number of nitrogens with one attached hydrogen (secondary N) is 1. The molecule has 76 valence electrons. The minimum Gasteiger partial charge on any atom is -0.383 e. The second-order valence-corrected chi connectivity index (χ2v) is 4.36. The monoisotopic (exact) mass is 190 g/mol. The van der Waals surface area contributed by atoms with Crippen LogP contribution in [-0.2, 0) is 6.42 Å². The molecular weight excluding hydrogens is 172 g/mol. The van der Waals surface area contributed by atoms with Gasteiger partial charge in [-0.1, -0.05) is 6.07 Å². The minimum atomic E-state index is 0.262. The van der Waals surface area contributed by atoms with Crippen LogP contribution in [0, 0.1) is 0 Å². The van der Waals surface area contributed by atoms with Gasteiger partial charge in [0.2, 0.25) is 0 Å². The highest BCUT2D eigenvalue weighted by atomic mass is 14.9. The standard InChI is InChI=1S/C12H18N2/c1-8(2)14-10-4-5-11-9(7-10)3-6-12(11)13/h4-5,7-8,12,14H,3,6,13H2,1-2H3. The van der Waals surface area contributed by atoms with Crippen molar-refractivity contribution < 1.29 is 0 Å². The third-order valence-electron chi connectivity index (χ3n) is 2.72. The molecule has 0 heterocycles. The summed E-state index contributed by atoms with van der Waals surface area (Å²) in [5, 5.41) is 3.41. The van der Waals surface area contributed by atoms with Crippen molar-refractivity contribution >= 4 is 5.69 Å². The second kappa shape index (κ2) is 3.62. The minimum absolute atomic E-state index is 0.262. The molecule has 1 unspecified atom stereocenters. The molecule has 0 amide bonds. The number of nitrogens with two attached hydrogens (primary N) is 1. The van der Waals surface area contributed by atoms with Crippen molar-refractivity contribution in [1.82, 2.24) is 0 Å². The summed E-state index contributed by atoms with van der Waals surface area (Å²) in [7, 11) is 0. The molecule has 14 heavy (non-hydrogen) atoms. The largest absolute Gasteiger partial charge is 0.383 e.